The fourth-order valence-corrected chi connectivity index (χ4v) is 5.37. The Kier molecular flexibility index (Phi) is 10.0. The smallest absolute Gasteiger partial charge is 0.244 e. The summed E-state index contributed by atoms with van der Waals surface area (Å²) in [4.78, 5) is 28.4. The number of halogens is 2. The molecule has 2 amide bonds. The zero-order valence-corrected chi connectivity index (χ0v) is 23.6. The summed E-state index contributed by atoms with van der Waals surface area (Å²) in [6.45, 7) is -0.699. The summed E-state index contributed by atoms with van der Waals surface area (Å²) in [5.41, 5.74) is 1.45. The van der Waals surface area contributed by atoms with Crippen LogP contribution in [-0.4, -0.2) is 58.1 Å². The molecule has 0 radical (unpaired) electrons. The Morgan fingerprint density at radius 3 is 2.13 bits per heavy atom. The lowest BCUT2D eigenvalue weighted by atomic mass is 10.0. The Labute approximate surface area is 233 Å². The summed E-state index contributed by atoms with van der Waals surface area (Å²) in [6, 6.07) is 19.6. The van der Waals surface area contributed by atoms with E-state index in [1.807, 2.05) is 30.3 Å². The molecule has 8 nitrogen and oxygen atoms in total. The molecule has 0 spiro atoms. The maximum Gasteiger partial charge on any atom is 0.244 e. The third kappa shape index (κ3) is 7.18. The minimum absolute atomic E-state index is 0.119. The normalized spacial score (nSPS) is 11.9. The molecule has 202 valence electrons. The topological polar surface area (TPSA) is 96.0 Å². The lowest BCUT2D eigenvalue weighted by Gasteiger charge is -2.33. The standard InChI is InChI=1S/C27H29Cl2N3O5S/c1-30-27(34)24(16-19-10-5-4-6-11-19)31(17-20-21(28)12-9-13-22(20)29)26(33)18-32(38(3,35)36)23-14-7-8-15-25(23)37-2/h4-15,24H,16-18H2,1-3H3,(H,30,34)/t24-/m1/s1. The van der Waals surface area contributed by atoms with Crippen molar-refractivity contribution in [2.24, 2.45) is 0 Å². The summed E-state index contributed by atoms with van der Waals surface area (Å²) >= 11 is 12.8. The van der Waals surface area contributed by atoms with Crippen LogP contribution in [0, 0.1) is 0 Å². The Bertz CT molecular complexity index is 1370. The monoisotopic (exact) mass is 577 g/mol. The second-order valence-electron chi connectivity index (χ2n) is 8.48. The molecule has 0 bridgehead atoms. The van der Waals surface area contributed by atoms with Crippen LogP contribution in [0.25, 0.3) is 0 Å². The molecule has 0 saturated carbocycles. The van der Waals surface area contributed by atoms with Crippen LogP contribution in [0.2, 0.25) is 10.0 Å². The van der Waals surface area contributed by atoms with Crippen molar-refractivity contribution in [3.63, 3.8) is 0 Å². The second kappa shape index (κ2) is 13.0. The van der Waals surface area contributed by atoms with Gasteiger partial charge in [0.1, 0.15) is 18.3 Å². The number of hydrogen-bond donors (Lipinski definition) is 1. The maximum atomic E-state index is 14.0. The van der Waals surface area contributed by atoms with Gasteiger partial charge < -0.3 is 15.0 Å². The fourth-order valence-electron chi connectivity index (χ4n) is 4.00. The van der Waals surface area contributed by atoms with Crippen LogP contribution < -0.4 is 14.4 Å². The fraction of sp³-hybridized carbons (Fsp3) is 0.259. The van der Waals surface area contributed by atoms with E-state index < -0.39 is 34.4 Å². The first-order valence-corrected chi connectivity index (χ1v) is 14.3. The van der Waals surface area contributed by atoms with Crippen molar-refractivity contribution >= 4 is 50.7 Å². The number of amides is 2. The van der Waals surface area contributed by atoms with Gasteiger partial charge in [0.25, 0.3) is 0 Å². The quantitative estimate of drug-likeness (QED) is 0.369. The number of benzene rings is 3. The minimum atomic E-state index is -3.93. The van der Waals surface area contributed by atoms with Crippen LogP contribution in [0.1, 0.15) is 11.1 Å². The van der Waals surface area contributed by atoms with Gasteiger partial charge in [-0.15, -0.1) is 0 Å². The van der Waals surface area contributed by atoms with Gasteiger partial charge in [-0.3, -0.25) is 13.9 Å². The van der Waals surface area contributed by atoms with Gasteiger partial charge >= 0.3 is 0 Å². The van der Waals surface area contributed by atoms with Gasteiger partial charge in [0.2, 0.25) is 21.8 Å². The molecule has 0 saturated heterocycles. The Balaban J connectivity index is 2.09. The number of methoxy groups -OCH3 is 1. The van der Waals surface area contributed by atoms with Crippen LogP contribution >= 0.6 is 23.2 Å². The van der Waals surface area contributed by atoms with E-state index in [0.717, 1.165) is 16.1 Å². The summed E-state index contributed by atoms with van der Waals surface area (Å²) in [6.07, 6.45) is 1.18. The van der Waals surface area contributed by atoms with Gasteiger partial charge in [-0.05, 0) is 29.8 Å². The van der Waals surface area contributed by atoms with E-state index in [-0.39, 0.29) is 24.4 Å². The van der Waals surface area contributed by atoms with Crippen LogP contribution in [0.4, 0.5) is 5.69 Å². The Hall–Kier alpha value is -3.27. The molecule has 1 atom stereocenters. The van der Waals surface area contributed by atoms with Gasteiger partial charge in [0.05, 0.1) is 19.1 Å². The van der Waals surface area contributed by atoms with Crippen molar-refractivity contribution in [2.45, 2.75) is 19.0 Å². The first-order valence-electron chi connectivity index (χ1n) is 11.7. The van der Waals surface area contributed by atoms with E-state index >= 15 is 0 Å². The molecule has 11 heteroatoms. The third-order valence-electron chi connectivity index (χ3n) is 5.94. The Morgan fingerprint density at radius 1 is 0.947 bits per heavy atom. The van der Waals surface area contributed by atoms with Gasteiger partial charge in [0.15, 0.2) is 0 Å². The molecule has 0 heterocycles. The number of anilines is 1. The Morgan fingerprint density at radius 2 is 1.55 bits per heavy atom. The van der Waals surface area contributed by atoms with Crippen molar-refractivity contribution < 1.29 is 22.7 Å². The highest BCUT2D eigenvalue weighted by Gasteiger charge is 2.34. The second-order valence-corrected chi connectivity index (χ2v) is 11.2. The van der Waals surface area contributed by atoms with E-state index in [1.54, 1.807) is 42.5 Å². The number of hydrogen-bond acceptors (Lipinski definition) is 5. The van der Waals surface area contributed by atoms with Gasteiger partial charge in [-0.1, -0.05) is 71.7 Å². The summed E-state index contributed by atoms with van der Waals surface area (Å²) in [5.74, 6) is -0.769. The largest absolute Gasteiger partial charge is 0.495 e. The molecule has 0 aliphatic carbocycles. The number of sulfonamides is 1. The highest BCUT2D eigenvalue weighted by atomic mass is 35.5. The minimum Gasteiger partial charge on any atom is -0.495 e. The van der Waals surface area contributed by atoms with Crippen molar-refractivity contribution in [1.82, 2.24) is 10.2 Å². The van der Waals surface area contributed by atoms with Crippen LogP contribution in [0.15, 0.2) is 72.8 Å². The highest BCUT2D eigenvalue weighted by molar-refractivity contribution is 7.92. The summed E-state index contributed by atoms with van der Waals surface area (Å²) < 4.78 is 32.0. The predicted octanol–water partition coefficient (Wildman–Crippen LogP) is 4.15. The van der Waals surface area contributed by atoms with Gasteiger partial charge in [0, 0.05) is 35.6 Å². The number of carbonyl (C=O) groups excluding carboxylic acids is 2. The molecule has 0 aromatic heterocycles. The first-order chi connectivity index (χ1) is 18.1. The van der Waals surface area contributed by atoms with Crippen molar-refractivity contribution in [3.8, 4) is 5.75 Å². The van der Waals surface area contributed by atoms with Crippen LogP contribution in [0.5, 0.6) is 5.75 Å². The van der Waals surface area contributed by atoms with E-state index in [4.69, 9.17) is 27.9 Å². The average Bonchev–Trinajstić information content (AvgIpc) is 2.90. The molecule has 3 aromatic rings. The molecule has 0 unspecified atom stereocenters. The lowest BCUT2D eigenvalue weighted by Crippen LogP contribution is -2.53. The zero-order chi connectivity index (χ0) is 27.9. The molecule has 38 heavy (non-hydrogen) atoms. The average molecular weight is 579 g/mol. The number of nitrogens with one attached hydrogen (secondary N) is 1. The number of nitrogens with zero attached hydrogens (tertiary/aromatic N) is 2. The number of likely N-dealkylation sites (N-methyl/N-ethyl adjacent to an activating group) is 1. The molecular formula is C27H29Cl2N3O5S. The van der Waals surface area contributed by atoms with E-state index in [2.05, 4.69) is 5.32 Å². The predicted molar refractivity (Wildman–Crippen MR) is 150 cm³/mol. The van der Waals surface area contributed by atoms with Crippen LogP contribution in [0.3, 0.4) is 0 Å². The summed E-state index contributed by atoms with van der Waals surface area (Å²) in [7, 11) is -1.04. The van der Waals surface area contributed by atoms with Crippen molar-refractivity contribution in [2.75, 3.05) is 31.3 Å². The number of rotatable bonds is 11. The maximum absolute atomic E-state index is 14.0. The summed E-state index contributed by atoms with van der Waals surface area (Å²) in [5, 5.41) is 3.25. The molecule has 3 aromatic carbocycles. The van der Waals surface area contributed by atoms with Crippen LogP contribution in [-0.2, 0) is 32.6 Å². The van der Waals surface area contributed by atoms with Gasteiger partial charge in [-0.25, -0.2) is 8.42 Å². The number of ether oxygens (including phenoxy) is 1. The molecule has 3 rings (SSSR count). The SMILES string of the molecule is CNC(=O)[C@@H](Cc1ccccc1)N(Cc1c(Cl)cccc1Cl)C(=O)CN(c1ccccc1OC)S(C)(=O)=O. The van der Waals surface area contributed by atoms with Crippen molar-refractivity contribution in [1.29, 1.82) is 0 Å². The molecule has 0 aliphatic rings. The van der Waals surface area contributed by atoms with E-state index in [9.17, 15) is 18.0 Å². The number of carbonyl (C=O) groups is 2. The third-order valence-corrected chi connectivity index (χ3v) is 7.78. The molecular weight excluding hydrogens is 549 g/mol. The lowest BCUT2D eigenvalue weighted by molar-refractivity contribution is -0.139. The zero-order valence-electron chi connectivity index (χ0n) is 21.2. The molecule has 1 N–H and O–H groups in total. The molecule has 0 fully saturated rings. The van der Waals surface area contributed by atoms with E-state index in [1.165, 1.54) is 19.1 Å². The van der Waals surface area contributed by atoms with Crippen molar-refractivity contribution in [3.05, 3.63) is 94.0 Å². The number of para-hydroxylation sites is 2. The highest BCUT2D eigenvalue weighted by Crippen LogP contribution is 2.31. The first kappa shape index (κ1) is 29.3. The molecule has 0 aliphatic heterocycles. The van der Waals surface area contributed by atoms with E-state index in [0.29, 0.717) is 15.6 Å². The van der Waals surface area contributed by atoms with Gasteiger partial charge in [-0.2, -0.15) is 0 Å².